The molecule has 0 atom stereocenters. The molecule has 168 valence electrons. The third-order valence-corrected chi connectivity index (χ3v) is 4.73. The smallest absolute Gasteiger partial charge is 0.371 e. The van der Waals surface area contributed by atoms with E-state index in [-0.39, 0.29) is 29.5 Å². The van der Waals surface area contributed by atoms with Gasteiger partial charge >= 0.3 is 12.0 Å². The van der Waals surface area contributed by atoms with Crippen LogP contribution >= 0.6 is 0 Å². The molecule has 0 bridgehead atoms. The van der Waals surface area contributed by atoms with Gasteiger partial charge < -0.3 is 25.6 Å². The minimum atomic E-state index is -1.19. The lowest BCUT2D eigenvalue weighted by Crippen LogP contribution is -2.22. The molecule has 32 heavy (non-hydrogen) atoms. The third-order valence-electron chi connectivity index (χ3n) is 4.73. The van der Waals surface area contributed by atoms with Crippen LogP contribution in [0.1, 0.15) is 64.4 Å². The molecule has 0 aliphatic heterocycles. The maximum atomic E-state index is 12.4. The van der Waals surface area contributed by atoms with Gasteiger partial charge in [0.05, 0.1) is 6.42 Å². The topological polar surface area (TPSA) is 163 Å². The molecule has 6 N–H and O–H groups in total. The van der Waals surface area contributed by atoms with Crippen molar-refractivity contribution in [1.82, 2.24) is 9.97 Å². The fraction of sp³-hybridized carbons (Fsp3) is 0.273. The molecular formula is C22H25N5O5. The number of aromatic amines is 1. The first-order valence-electron chi connectivity index (χ1n) is 10.2. The van der Waals surface area contributed by atoms with Gasteiger partial charge in [0.25, 0.3) is 5.91 Å². The Balaban J connectivity index is 1.64. The molecule has 10 nitrogen and oxygen atoms in total. The number of nitrogens with two attached hydrogens (primary N) is 1. The number of rotatable bonds is 10. The van der Waals surface area contributed by atoms with Crippen LogP contribution < -0.4 is 16.4 Å². The van der Waals surface area contributed by atoms with Crippen LogP contribution in [0.15, 0.2) is 40.8 Å². The highest BCUT2D eigenvalue weighted by atomic mass is 16.4. The zero-order valence-corrected chi connectivity index (χ0v) is 17.6. The lowest BCUT2D eigenvalue weighted by atomic mass is 10.1. The van der Waals surface area contributed by atoms with Crippen LogP contribution in [0.3, 0.4) is 0 Å². The van der Waals surface area contributed by atoms with Crippen molar-refractivity contribution in [2.24, 2.45) is 5.73 Å². The maximum Gasteiger partial charge on any atom is 0.371 e. The summed E-state index contributed by atoms with van der Waals surface area (Å²) in [6, 6.07) is 9.75. The van der Waals surface area contributed by atoms with Crippen molar-refractivity contribution >= 4 is 29.4 Å². The maximum absolute atomic E-state index is 12.4. The van der Waals surface area contributed by atoms with E-state index in [0.717, 1.165) is 19.3 Å². The summed E-state index contributed by atoms with van der Waals surface area (Å²) in [5, 5.41) is 14.1. The molecule has 0 aliphatic carbocycles. The number of aromatic nitrogens is 2. The molecule has 0 saturated carbocycles. The number of carboxylic acid groups (broad SMARTS) is 1. The van der Waals surface area contributed by atoms with Crippen molar-refractivity contribution in [3.63, 3.8) is 0 Å². The van der Waals surface area contributed by atoms with Gasteiger partial charge in [0.1, 0.15) is 17.3 Å². The van der Waals surface area contributed by atoms with Gasteiger partial charge in [0, 0.05) is 5.69 Å². The molecule has 3 aromatic rings. The highest BCUT2D eigenvalue weighted by molar-refractivity contribution is 6.04. The Morgan fingerprint density at radius 2 is 1.84 bits per heavy atom. The predicted octanol–water partition coefficient (Wildman–Crippen LogP) is 3.77. The Morgan fingerprint density at radius 3 is 2.47 bits per heavy atom. The number of carbonyl (C=O) groups is 3. The first-order chi connectivity index (χ1) is 15.4. The SMILES string of the molecule is CCCCCc1ccc(NC(=O)Nc2nc(Cc3ccc(C(=O)O)o3)[nH]c2C(N)=O)cc1. The van der Waals surface area contributed by atoms with E-state index in [1.165, 1.54) is 24.1 Å². The van der Waals surface area contributed by atoms with E-state index in [1.807, 2.05) is 24.3 Å². The van der Waals surface area contributed by atoms with Crippen molar-refractivity contribution in [2.75, 3.05) is 10.6 Å². The lowest BCUT2D eigenvalue weighted by molar-refractivity contribution is 0.0660. The average molecular weight is 439 g/mol. The summed E-state index contributed by atoms with van der Waals surface area (Å²) in [5.74, 6) is -1.65. The number of carboxylic acids is 1. The van der Waals surface area contributed by atoms with Crippen LogP contribution in [-0.2, 0) is 12.8 Å². The van der Waals surface area contributed by atoms with Crippen LogP contribution in [0, 0.1) is 0 Å². The molecule has 0 unspecified atom stereocenters. The van der Waals surface area contributed by atoms with Crippen LogP contribution in [0.4, 0.5) is 16.3 Å². The second kappa shape index (κ2) is 10.3. The minimum absolute atomic E-state index is 0.0359. The number of H-pyrrole nitrogens is 1. The fourth-order valence-corrected chi connectivity index (χ4v) is 3.13. The average Bonchev–Trinajstić information content (AvgIpc) is 3.37. The standard InChI is InChI=1S/C22H25N5O5/c1-2-3-4-5-13-6-8-14(9-7-13)24-22(31)27-20-18(19(23)28)25-17(26-20)12-15-10-11-16(32-15)21(29)30/h6-11H,2-5,12H2,1H3,(H2,23,28)(H,25,26)(H,29,30)(H2,24,27,31). The van der Waals surface area contributed by atoms with E-state index in [4.69, 9.17) is 15.3 Å². The molecule has 3 rings (SSSR count). The van der Waals surface area contributed by atoms with Crippen LogP contribution in [0.5, 0.6) is 0 Å². The molecular weight excluding hydrogens is 414 g/mol. The number of aryl methyl sites for hydroxylation is 1. The number of unbranched alkanes of at least 4 members (excludes halogenated alkanes) is 2. The molecule has 2 aromatic heterocycles. The third kappa shape index (κ3) is 5.97. The zero-order valence-electron chi connectivity index (χ0n) is 17.6. The number of carbonyl (C=O) groups excluding carboxylic acids is 2. The number of benzene rings is 1. The van der Waals surface area contributed by atoms with Gasteiger partial charge in [-0.25, -0.2) is 14.6 Å². The van der Waals surface area contributed by atoms with Crippen LogP contribution in [-0.4, -0.2) is 33.0 Å². The molecule has 1 aromatic carbocycles. The second-order valence-corrected chi connectivity index (χ2v) is 7.25. The summed E-state index contributed by atoms with van der Waals surface area (Å²) in [6.07, 6.45) is 4.53. The van der Waals surface area contributed by atoms with Crippen molar-refractivity contribution in [3.8, 4) is 0 Å². The van der Waals surface area contributed by atoms with Crippen molar-refractivity contribution < 1.29 is 23.9 Å². The van der Waals surface area contributed by atoms with E-state index < -0.39 is 17.9 Å². The Morgan fingerprint density at radius 1 is 1.09 bits per heavy atom. The van der Waals surface area contributed by atoms with E-state index in [9.17, 15) is 14.4 Å². The van der Waals surface area contributed by atoms with Gasteiger partial charge in [-0.05, 0) is 42.7 Å². The predicted molar refractivity (Wildman–Crippen MR) is 118 cm³/mol. The number of hydrogen-bond acceptors (Lipinski definition) is 5. The van der Waals surface area contributed by atoms with E-state index in [0.29, 0.717) is 11.4 Å². The summed E-state index contributed by atoms with van der Waals surface area (Å²) in [7, 11) is 0. The number of imidazole rings is 1. The molecule has 10 heteroatoms. The first kappa shape index (κ1) is 22.6. The Labute approximate surface area is 184 Å². The number of anilines is 2. The number of furan rings is 1. The number of aromatic carboxylic acids is 1. The van der Waals surface area contributed by atoms with Gasteiger partial charge in [0.2, 0.25) is 5.76 Å². The largest absolute Gasteiger partial charge is 0.475 e. The second-order valence-electron chi connectivity index (χ2n) is 7.25. The minimum Gasteiger partial charge on any atom is -0.475 e. The zero-order chi connectivity index (χ0) is 23.1. The van der Waals surface area contributed by atoms with E-state index in [2.05, 4.69) is 27.5 Å². The first-order valence-corrected chi connectivity index (χ1v) is 10.2. The van der Waals surface area contributed by atoms with Gasteiger partial charge in [-0.15, -0.1) is 0 Å². The van der Waals surface area contributed by atoms with Crippen LogP contribution in [0.25, 0.3) is 0 Å². The number of primary amides is 1. The number of amides is 3. The Hall–Kier alpha value is -4.08. The van der Waals surface area contributed by atoms with Crippen molar-refractivity contribution in [3.05, 3.63) is 65.0 Å². The molecule has 0 aliphatic rings. The number of hydrogen-bond donors (Lipinski definition) is 5. The number of nitrogens with zero attached hydrogens (tertiary/aromatic N) is 1. The summed E-state index contributed by atoms with van der Waals surface area (Å²) >= 11 is 0. The normalized spacial score (nSPS) is 10.7. The molecule has 0 fully saturated rings. The van der Waals surface area contributed by atoms with Gasteiger partial charge in [-0.1, -0.05) is 31.9 Å². The lowest BCUT2D eigenvalue weighted by Gasteiger charge is -2.07. The van der Waals surface area contributed by atoms with Crippen molar-refractivity contribution in [1.29, 1.82) is 0 Å². The van der Waals surface area contributed by atoms with Gasteiger partial charge in [-0.2, -0.15) is 0 Å². The highest BCUT2D eigenvalue weighted by Crippen LogP contribution is 2.18. The molecule has 0 saturated heterocycles. The number of urea groups is 1. The van der Waals surface area contributed by atoms with Crippen molar-refractivity contribution in [2.45, 2.75) is 39.0 Å². The molecule has 2 heterocycles. The Kier molecular flexibility index (Phi) is 7.27. The van der Waals surface area contributed by atoms with Crippen LogP contribution in [0.2, 0.25) is 0 Å². The monoisotopic (exact) mass is 439 g/mol. The van der Waals surface area contributed by atoms with Gasteiger partial charge in [-0.3, -0.25) is 10.1 Å². The summed E-state index contributed by atoms with van der Waals surface area (Å²) in [6.45, 7) is 2.16. The quantitative estimate of drug-likeness (QED) is 0.302. The fourth-order valence-electron chi connectivity index (χ4n) is 3.13. The molecule has 3 amide bonds. The van der Waals surface area contributed by atoms with E-state index in [1.54, 1.807) is 0 Å². The van der Waals surface area contributed by atoms with Gasteiger partial charge in [0.15, 0.2) is 5.82 Å². The molecule has 0 radical (unpaired) electrons. The summed E-state index contributed by atoms with van der Waals surface area (Å²) < 4.78 is 5.18. The van der Waals surface area contributed by atoms with E-state index >= 15 is 0 Å². The number of nitrogens with one attached hydrogen (secondary N) is 3. The Bertz CT molecular complexity index is 1100. The highest BCUT2D eigenvalue weighted by Gasteiger charge is 2.19. The molecule has 0 spiro atoms. The summed E-state index contributed by atoms with van der Waals surface area (Å²) in [4.78, 5) is 42.0. The summed E-state index contributed by atoms with van der Waals surface area (Å²) in [5.41, 5.74) is 7.09.